The van der Waals surface area contributed by atoms with Crippen molar-refractivity contribution in [2.45, 2.75) is 13.0 Å². The first-order valence-electron chi connectivity index (χ1n) is 6.15. The van der Waals surface area contributed by atoms with Crippen molar-refractivity contribution in [1.29, 1.82) is 0 Å². The molecule has 0 aliphatic rings. The molecule has 0 spiro atoms. The molecule has 0 saturated heterocycles. The standard InChI is InChI=1S/C14H17N3O2/c1-19-14(18)7-8-15-13-9-16-17(11-13)10-12-5-3-2-4-6-12/h2-6,9,11,15H,7-8,10H2,1H3. The average molecular weight is 259 g/mol. The van der Waals surface area contributed by atoms with Crippen molar-refractivity contribution in [2.75, 3.05) is 19.0 Å². The van der Waals surface area contributed by atoms with Crippen molar-refractivity contribution >= 4 is 11.7 Å². The SMILES string of the molecule is COC(=O)CCNc1cnn(Cc2ccccc2)c1. The van der Waals surface area contributed by atoms with Gasteiger partial charge in [0, 0.05) is 12.7 Å². The molecule has 0 aliphatic carbocycles. The van der Waals surface area contributed by atoms with Crippen molar-refractivity contribution in [2.24, 2.45) is 0 Å². The number of nitrogens with zero attached hydrogens (tertiary/aromatic N) is 2. The van der Waals surface area contributed by atoms with Crippen LogP contribution in [0.2, 0.25) is 0 Å². The molecule has 5 heteroatoms. The summed E-state index contributed by atoms with van der Waals surface area (Å²) in [4.78, 5) is 11.0. The van der Waals surface area contributed by atoms with Crippen LogP contribution in [0.4, 0.5) is 5.69 Å². The lowest BCUT2D eigenvalue weighted by Crippen LogP contribution is -2.09. The van der Waals surface area contributed by atoms with Gasteiger partial charge in [0.15, 0.2) is 0 Å². The Balaban J connectivity index is 1.84. The van der Waals surface area contributed by atoms with Gasteiger partial charge in [0.2, 0.25) is 0 Å². The van der Waals surface area contributed by atoms with Crippen molar-refractivity contribution in [1.82, 2.24) is 9.78 Å². The van der Waals surface area contributed by atoms with E-state index in [1.807, 2.05) is 29.1 Å². The molecule has 100 valence electrons. The number of anilines is 1. The molecule has 0 saturated carbocycles. The van der Waals surface area contributed by atoms with Gasteiger partial charge in [0.1, 0.15) is 0 Å². The molecule has 0 fully saturated rings. The van der Waals surface area contributed by atoms with Gasteiger partial charge in [-0.3, -0.25) is 9.48 Å². The van der Waals surface area contributed by atoms with Crippen LogP contribution < -0.4 is 5.32 Å². The topological polar surface area (TPSA) is 56.1 Å². The van der Waals surface area contributed by atoms with Crippen LogP contribution in [0.3, 0.4) is 0 Å². The van der Waals surface area contributed by atoms with Crippen LogP contribution in [0.5, 0.6) is 0 Å². The summed E-state index contributed by atoms with van der Waals surface area (Å²) >= 11 is 0. The molecule has 0 radical (unpaired) electrons. The average Bonchev–Trinajstić information content (AvgIpc) is 2.87. The molecule has 1 N–H and O–H groups in total. The Labute approximate surface area is 112 Å². The van der Waals surface area contributed by atoms with Crippen LogP contribution in [-0.4, -0.2) is 29.4 Å². The molecule has 0 atom stereocenters. The molecular weight excluding hydrogens is 242 g/mol. The summed E-state index contributed by atoms with van der Waals surface area (Å²) in [6.45, 7) is 1.28. The van der Waals surface area contributed by atoms with Crippen molar-refractivity contribution in [3.05, 3.63) is 48.3 Å². The Morgan fingerprint density at radius 3 is 2.89 bits per heavy atom. The fraction of sp³-hybridized carbons (Fsp3) is 0.286. The van der Waals surface area contributed by atoms with Crippen LogP contribution >= 0.6 is 0 Å². The monoisotopic (exact) mass is 259 g/mol. The molecule has 0 unspecified atom stereocenters. The summed E-state index contributed by atoms with van der Waals surface area (Å²) in [5.74, 6) is -0.218. The minimum absolute atomic E-state index is 0.218. The number of carbonyl (C=O) groups is 1. The molecule has 2 aromatic rings. The highest BCUT2D eigenvalue weighted by Crippen LogP contribution is 2.07. The number of nitrogens with one attached hydrogen (secondary N) is 1. The Morgan fingerprint density at radius 1 is 1.37 bits per heavy atom. The van der Waals surface area contributed by atoms with Gasteiger partial charge in [-0.1, -0.05) is 30.3 Å². The molecule has 0 aliphatic heterocycles. The van der Waals surface area contributed by atoms with Gasteiger partial charge in [0.25, 0.3) is 0 Å². The highest BCUT2D eigenvalue weighted by molar-refractivity contribution is 5.69. The van der Waals surface area contributed by atoms with Gasteiger partial charge in [-0.15, -0.1) is 0 Å². The fourth-order valence-electron chi connectivity index (χ4n) is 1.72. The van der Waals surface area contributed by atoms with Gasteiger partial charge in [0.05, 0.1) is 32.0 Å². The normalized spacial score (nSPS) is 10.2. The van der Waals surface area contributed by atoms with Gasteiger partial charge in [-0.2, -0.15) is 5.10 Å². The quantitative estimate of drug-likeness (QED) is 0.805. The Kier molecular flexibility index (Phi) is 4.55. The summed E-state index contributed by atoms with van der Waals surface area (Å²) in [6.07, 6.45) is 4.02. The highest BCUT2D eigenvalue weighted by Gasteiger charge is 2.02. The van der Waals surface area contributed by atoms with Crippen LogP contribution in [0.15, 0.2) is 42.7 Å². The zero-order valence-corrected chi connectivity index (χ0v) is 10.9. The number of carbonyl (C=O) groups excluding carboxylic acids is 1. The number of rotatable bonds is 6. The van der Waals surface area contributed by atoms with Crippen molar-refractivity contribution in [3.63, 3.8) is 0 Å². The fourth-order valence-corrected chi connectivity index (χ4v) is 1.72. The van der Waals surface area contributed by atoms with Gasteiger partial charge < -0.3 is 10.1 Å². The second kappa shape index (κ2) is 6.58. The van der Waals surface area contributed by atoms with E-state index in [1.165, 1.54) is 12.7 Å². The molecule has 0 amide bonds. The minimum Gasteiger partial charge on any atom is -0.469 e. The van der Waals surface area contributed by atoms with Crippen molar-refractivity contribution < 1.29 is 9.53 Å². The predicted molar refractivity (Wildman–Crippen MR) is 72.9 cm³/mol. The number of benzene rings is 1. The van der Waals surface area contributed by atoms with E-state index in [-0.39, 0.29) is 5.97 Å². The smallest absolute Gasteiger partial charge is 0.307 e. The van der Waals surface area contributed by atoms with E-state index in [0.717, 1.165) is 12.2 Å². The first kappa shape index (κ1) is 13.1. The first-order chi connectivity index (χ1) is 9.28. The largest absolute Gasteiger partial charge is 0.469 e. The zero-order chi connectivity index (χ0) is 13.5. The summed E-state index contributed by atoms with van der Waals surface area (Å²) in [6, 6.07) is 10.1. The van der Waals surface area contributed by atoms with Crippen LogP contribution in [0.1, 0.15) is 12.0 Å². The molecule has 2 rings (SSSR count). The Bertz CT molecular complexity index is 522. The van der Waals surface area contributed by atoms with E-state index in [2.05, 4.69) is 27.3 Å². The third-order valence-corrected chi connectivity index (χ3v) is 2.71. The van der Waals surface area contributed by atoms with E-state index in [9.17, 15) is 4.79 Å². The molecule has 1 heterocycles. The molecule has 5 nitrogen and oxygen atoms in total. The minimum atomic E-state index is -0.218. The summed E-state index contributed by atoms with van der Waals surface area (Å²) in [7, 11) is 1.39. The number of ether oxygens (including phenoxy) is 1. The molecule has 1 aromatic carbocycles. The summed E-state index contributed by atoms with van der Waals surface area (Å²) in [5.41, 5.74) is 2.10. The lowest BCUT2D eigenvalue weighted by atomic mass is 10.2. The number of hydrogen-bond acceptors (Lipinski definition) is 4. The summed E-state index contributed by atoms with van der Waals surface area (Å²) < 4.78 is 6.43. The number of esters is 1. The maximum absolute atomic E-state index is 11.0. The maximum Gasteiger partial charge on any atom is 0.307 e. The van der Waals surface area contributed by atoms with E-state index in [4.69, 9.17) is 0 Å². The maximum atomic E-state index is 11.0. The van der Waals surface area contributed by atoms with E-state index in [0.29, 0.717) is 13.0 Å². The lowest BCUT2D eigenvalue weighted by Gasteiger charge is -2.02. The van der Waals surface area contributed by atoms with Crippen LogP contribution in [0, 0.1) is 0 Å². The lowest BCUT2D eigenvalue weighted by molar-refractivity contribution is -0.140. The van der Waals surface area contributed by atoms with Gasteiger partial charge >= 0.3 is 5.97 Å². The van der Waals surface area contributed by atoms with E-state index in [1.54, 1.807) is 6.20 Å². The summed E-state index contributed by atoms with van der Waals surface area (Å²) in [5, 5.41) is 7.40. The van der Waals surface area contributed by atoms with E-state index >= 15 is 0 Å². The second-order valence-electron chi connectivity index (χ2n) is 4.17. The number of methoxy groups -OCH3 is 1. The third kappa shape index (κ3) is 4.13. The Morgan fingerprint density at radius 2 is 2.16 bits per heavy atom. The third-order valence-electron chi connectivity index (χ3n) is 2.71. The van der Waals surface area contributed by atoms with Gasteiger partial charge in [-0.25, -0.2) is 0 Å². The molecule has 1 aromatic heterocycles. The van der Waals surface area contributed by atoms with Crippen LogP contribution in [0.25, 0.3) is 0 Å². The molecule has 19 heavy (non-hydrogen) atoms. The predicted octanol–water partition coefficient (Wildman–Crippen LogP) is 1.91. The van der Waals surface area contributed by atoms with Crippen LogP contribution in [-0.2, 0) is 16.1 Å². The van der Waals surface area contributed by atoms with Gasteiger partial charge in [-0.05, 0) is 5.56 Å². The van der Waals surface area contributed by atoms with E-state index < -0.39 is 0 Å². The second-order valence-corrected chi connectivity index (χ2v) is 4.17. The highest BCUT2D eigenvalue weighted by atomic mass is 16.5. The molecular formula is C14H17N3O2. The Hall–Kier alpha value is -2.30. The van der Waals surface area contributed by atoms with Crippen molar-refractivity contribution in [3.8, 4) is 0 Å². The number of hydrogen-bond donors (Lipinski definition) is 1. The number of aromatic nitrogens is 2. The molecule has 0 bridgehead atoms. The zero-order valence-electron chi connectivity index (χ0n) is 10.9. The first-order valence-corrected chi connectivity index (χ1v) is 6.15.